The standard InChI is InChI=1S/C19H30N2O3/c1-6-23-17-10-15-8-9-21(14(5)19(22)20-13(3)4)12-16(15)11-18(17)24-7-2/h10-11,13-14H,6-9,12H2,1-5H3,(H,20,22)/t14-/m1/s1. The third-order valence-corrected chi connectivity index (χ3v) is 4.27. The van der Waals surface area contributed by atoms with E-state index in [1.165, 1.54) is 11.1 Å². The minimum absolute atomic E-state index is 0.0874. The van der Waals surface area contributed by atoms with Crippen LogP contribution in [-0.4, -0.2) is 42.6 Å². The molecule has 0 spiro atoms. The first-order valence-electron chi connectivity index (χ1n) is 8.92. The molecule has 1 aliphatic rings. The summed E-state index contributed by atoms with van der Waals surface area (Å²) in [5.41, 5.74) is 2.51. The maximum atomic E-state index is 12.3. The van der Waals surface area contributed by atoms with E-state index in [4.69, 9.17) is 9.47 Å². The highest BCUT2D eigenvalue weighted by molar-refractivity contribution is 5.81. The summed E-state index contributed by atoms with van der Waals surface area (Å²) in [5, 5.41) is 3.00. The third kappa shape index (κ3) is 4.41. The van der Waals surface area contributed by atoms with Crippen LogP contribution in [-0.2, 0) is 17.8 Å². The van der Waals surface area contributed by atoms with Gasteiger partial charge >= 0.3 is 0 Å². The molecule has 1 heterocycles. The highest BCUT2D eigenvalue weighted by Crippen LogP contribution is 2.34. The van der Waals surface area contributed by atoms with Crippen molar-refractivity contribution >= 4 is 5.91 Å². The summed E-state index contributed by atoms with van der Waals surface area (Å²) >= 11 is 0. The molecule has 5 nitrogen and oxygen atoms in total. The van der Waals surface area contributed by atoms with Crippen molar-refractivity contribution in [3.05, 3.63) is 23.3 Å². The van der Waals surface area contributed by atoms with Gasteiger partial charge in [0, 0.05) is 19.1 Å². The molecule has 1 atom stereocenters. The lowest BCUT2D eigenvalue weighted by Gasteiger charge is -2.33. The number of hydrogen-bond donors (Lipinski definition) is 1. The average molecular weight is 334 g/mol. The Morgan fingerprint density at radius 2 is 1.71 bits per heavy atom. The molecular weight excluding hydrogens is 304 g/mol. The monoisotopic (exact) mass is 334 g/mol. The molecule has 0 aromatic heterocycles. The summed E-state index contributed by atoms with van der Waals surface area (Å²) in [6.07, 6.45) is 0.918. The largest absolute Gasteiger partial charge is 0.490 e. The van der Waals surface area contributed by atoms with Gasteiger partial charge in [0.25, 0.3) is 0 Å². The fraction of sp³-hybridized carbons (Fsp3) is 0.632. The van der Waals surface area contributed by atoms with Gasteiger partial charge in [0.05, 0.1) is 19.3 Å². The van der Waals surface area contributed by atoms with Crippen LogP contribution < -0.4 is 14.8 Å². The van der Waals surface area contributed by atoms with Crippen LogP contribution in [0.2, 0.25) is 0 Å². The van der Waals surface area contributed by atoms with Gasteiger partial charge in [0.2, 0.25) is 5.91 Å². The highest BCUT2D eigenvalue weighted by atomic mass is 16.5. The summed E-state index contributed by atoms with van der Waals surface area (Å²) in [7, 11) is 0. The Morgan fingerprint density at radius 1 is 1.12 bits per heavy atom. The second kappa shape index (κ2) is 8.38. The van der Waals surface area contributed by atoms with Gasteiger partial charge in [0.1, 0.15) is 0 Å². The molecule has 0 aliphatic carbocycles. The number of rotatable bonds is 7. The van der Waals surface area contributed by atoms with Crippen molar-refractivity contribution in [2.45, 2.75) is 59.7 Å². The Balaban J connectivity index is 2.17. The van der Waals surface area contributed by atoms with Crippen molar-refractivity contribution < 1.29 is 14.3 Å². The Morgan fingerprint density at radius 3 is 2.25 bits per heavy atom. The van der Waals surface area contributed by atoms with Crippen molar-refractivity contribution in [2.75, 3.05) is 19.8 Å². The van der Waals surface area contributed by atoms with Crippen molar-refractivity contribution in [3.63, 3.8) is 0 Å². The first-order valence-corrected chi connectivity index (χ1v) is 8.92. The van der Waals surface area contributed by atoms with Crippen LogP contribution in [0.5, 0.6) is 11.5 Å². The predicted molar refractivity (Wildman–Crippen MR) is 95.6 cm³/mol. The molecule has 0 bridgehead atoms. The average Bonchev–Trinajstić information content (AvgIpc) is 2.54. The molecule has 0 radical (unpaired) electrons. The lowest BCUT2D eigenvalue weighted by Crippen LogP contribution is -2.48. The second-order valence-corrected chi connectivity index (χ2v) is 6.49. The molecule has 134 valence electrons. The zero-order valence-electron chi connectivity index (χ0n) is 15.5. The van der Waals surface area contributed by atoms with Crippen LogP contribution in [0, 0.1) is 0 Å². The van der Waals surface area contributed by atoms with Crippen molar-refractivity contribution in [2.24, 2.45) is 0 Å². The first-order chi connectivity index (χ1) is 11.5. The molecule has 0 fully saturated rings. The molecule has 1 amide bonds. The fourth-order valence-corrected chi connectivity index (χ4v) is 3.02. The van der Waals surface area contributed by atoms with Gasteiger partial charge in [-0.25, -0.2) is 0 Å². The van der Waals surface area contributed by atoms with Crippen LogP contribution in [0.4, 0.5) is 0 Å². The van der Waals surface area contributed by atoms with Crippen LogP contribution in [0.25, 0.3) is 0 Å². The molecule has 1 aromatic rings. The van der Waals surface area contributed by atoms with E-state index < -0.39 is 0 Å². The molecule has 1 aromatic carbocycles. The van der Waals surface area contributed by atoms with Crippen molar-refractivity contribution in [1.29, 1.82) is 0 Å². The van der Waals surface area contributed by atoms with Gasteiger partial charge < -0.3 is 14.8 Å². The second-order valence-electron chi connectivity index (χ2n) is 6.49. The highest BCUT2D eigenvalue weighted by Gasteiger charge is 2.26. The molecule has 0 unspecified atom stereocenters. The zero-order valence-corrected chi connectivity index (χ0v) is 15.5. The minimum Gasteiger partial charge on any atom is -0.490 e. The quantitative estimate of drug-likeness (QED) is 0.833. The molecule has 0 saturated heterocycles. The summed E-state index contributed by atoms with van der Waals surface area (Å²) in [6.45, 7) is 12.8. The molecule has 1 N–H and O–H groups in total. The third-order valence-electron chi connectivity index (χ3n) is 4.27. The SMILES string of the molecule is CCOc1cc2c(cc1OCC)CN([C@H](C)C(=O)NC(C)C)CC2. The van der Waals surface area contributed by atoms with Gasteiger partial charge in [-0.15, -0.1) is 0 Å². The topological polar surface area (TPSA) is 50.8 Å². The van der Waals surface area contributed by atoms with E-state index in [9.17, 15) is 4.79 Å². The van der Waals surface area contributed by atoms with Gasteiger partial charge in [-0.3, -0.25) is 9.69 Å². The van der Waals surface area contributed by atoms with E-state index in [1.54, 1.807) is 0 Å². The molecule has 1 aliphatic heterocycles. The van der Waals surface area contributed by atoms with Crippen LogP contribution in [0.1, 0.15) is 45.7 Å². The predicted octanol–water partition coefficient (Wildman–Crippen LogP) is 2.76. The smallest absolute Gasteiger partial charge is 0.237 e. The van der Waals surface area contributed by atoms with E-state index in [0.29, 0.717) is 13.2 Å². The number of carbonyl (C=O) groups excluding carboxylic acids is 1. The lowest BCUT2D eigenvalue weighted by molar-refractivity contribution is -0.126. The molecule has 5 heteroatoms. The first kappa shape index (κ1) is 18.6. The number of nitrogens with one attached hydrogen (secondary N) is 1. The Labute approximate surface area is 145 Å². The maximum absolute atomic E-state index is 12.3. The number of benzene rings is 1. The van der Waals surface area contributed by atoms with E-state index in [-0.39, 0.29) is 18.0 Å². The Kier molecular flexibility index (Phi) is 6.49. The van der Waals surface area contributed by atoms with E-state index in [2.05, 4.69) is 22.3 Å². The van der Waals surface area contributed by atoms with Crippen molar-refractivity contribution in [1.82, 2.24) is 10.2 Å². The molecule has 0 saturated carbocycles. The lowest BCUT2D eigenvalue weighted by atomic mass is 9.97. The van der Waals surface area contributed by atoms with Gasteiger partial charge in [-0.2, -0.15) is 0 Å². The number of fused-ring (bicyclic) bond motifs is 1. The Bertz CT molecular complexity index is 572. The summed E-state index contributed by atoms with van der Waals surface area (Å²) in [4.78, 5) is 14.5. The summed E-state index contributed by atoms with van der Waals surface area (Å²) < 4.78 is 11.4. The van der Waals surface area contributed by atoms with Crippen LogP contribution >= 0.6 is 0 Å². The number of amides is 1. The normalized spacial score (nSPS) is 15.8. The molecular formula is C19H30N2O3. The van der Waals surface area contributed by atoms with E-state index >= 15 is 0 Å². The summed E-state index contributed by atoms with van der Waals surface area (Å²) in [6, 6.07) is 4.20. The molecule has 24 heavy (non-hydrogen) atoms. The van der Waals surface area contributed by atoms with E-state index in [0.717, 1.165) is 31.0 Å². The van der Waals surface area contributed by atoms with E-state index in [1.807, 2.05) is 34.6 Å². The molecule has 2 rings (SSSR count). The number of hydrogen-bond acceptors (Lipinski definition) is 4. The van der Waals surface area contributed by atoms with Crippen LogP contribution in [0.3, 0.4) is 0 Å². The fourth-order valence-electron chi connectivity index (χ4n) is 3.02. The van der Waals surface area contributed by atoms with Gasteiger partial charge in [-0.05, 0) is 64.3 Å². The number of ether oxygens (including phenoxy) is 2. The maximum Gasteiger partial charge on any atom is 0.237 e. The van der Waals surface area contributed by atoms with Gasteiger partial charge in [0.15, 0.2) is 11.5 Å². The van der Waals surface area contributed by atoms with Gasteiger partial charge in [-0.1, -0.05) is 0 Å². The number of carbonyl (C=O) groups is 1. The Hall–Kier alpha value is -1.75. The minimum atomic E-state index is -0.136. The zero-order chi connectivity index (χ0) is 17.7. The van der Waals surface area contributed by atoms with Crippen LogP contribution in [0.15, 0.2) is 12.1 Å². The summed E-state index contributed by atoms with van der Waals surface area (Å²) in [5.74, 6) is 1.70. The van der Waals surface area contributed by atoms with Crippen molar-refractivity contribution in [3.8, 4) is 11.5 Å². The number of nitrogens with zero attached hydrogens (tertiary/aromatic N) is 1.